The predicted octanol–water partition coefficient (Wildman–Crippen LogP) is 3.13. The van der Waals surface area contributed by atoms with Crippen molar-refractivity contribution in [3.05, 3.63) is 58.7 Å². The number of benzene rings is 1. The van der Waals surface area contributed by atoms with Crippen molar-refractivity contribution in [1.29, 1.82) is 0 Å². The first kappa shape index (κ1) is 23.2. The highest BCUT2D eigenvalue weighted by atomic mass is 16.5. The van der Waals surface area contributed by atoms with Crippen LogP contribution < -0.4 is 5.32 Å². The van der Waals surface area contributed by atoms with Crippen LogP contribution in [-0.2, 0) is 22.6 Å². The highest BCUT2D eigenvalue weighted by Gasteiger charge is 2.34. The largest absolute Gasteiger partial charge is 0.374 e. The first-order valence-electron chi connectivity index (χ1n) is 11.7. The summed E-state index contributed by atoms with van der Waals surface area (Å²) in [4.78, 5) is 17.7. The molecule has 2 unspecified atom stereocenters. The lowest BCUT2D eigenvalue weighted by Gasteiger charge is -2.36. The number of fused-ring (bicyclic) bond motifs is 1. The number of piperazine rings is 1. The van der Waals surface area contributed by atoms with Gasteiger partial charge in [0.1, 0.15) is 12.2 Å². The van der Waals surface area contributed by atoms with E-state index in [0.29, 0.717) is 0 Å². The van der Waals surface area contributed by atoms with E-state index < -0.39 is 0 Å². The predicted molar refractivity (Wildman–Crippen MR) is 127 cm³/mol. The second-order valence-corrected chi connectivity index (χ2v) is 9.66. The number of allylic oxidation sites excluding steroid dienone is 2. The fourth-order valence-electron chi connectivity index (χ4n) is 4.97. The molecule has 1 saturated heterocycles. The van der Waals surface area contributed by atoms with Gasteiger partial charge in [0.25, 0.3) is 5.91 Å². The molecule has 6 heteroatoms. The number of rotatable bonds is 7. The Kier molecular flexibility index (Phi) is 7.15. The molecule has 32 heavy (non-hydrogen) atoms. The zero-order valence-corrected chi connectivity index (χ0v) is 19.9. The van der Waals surface area contributed by atoms with Gasteiger partial charge in [-0.1, -0.05) is 24.3 Å². The highest BCUT2D eigenvalue weighted by Crippen LogP contribution is 2.35. The summed E-state index contributed by atoms with van der Waals surface area (Å²) in [6.45, 7) is 9.67. The maximum Gasteiger partial charge on any atom is 0.254 e. The van der Waals surface area contributed by atoms with Crippen LogP contribution in [0.25, 0.3) is 0 Å². The molecule has 174 valence electrons. The molecule has 0 radical (unpaired) electrons. The van der Waals surface area contributed by atoms with Crippen LogP contribution in [0.2, 0.25) is 0 Å². The summed E-state index contributed by atoms with van der Waals surface area (Å²) >= 11 is 0. The zero-order chi connectivity index (χ0) is 22.7. The van der Waals surface area contributed by atoms with Crippen molar-refractivity contribution in [3.63, 3.8) is 0 Å². The van der Waals surface area contributed by atoms with Gasteiger partial charge in [0.15, 0.2) is 0 Å². The second kappa shape index (κ2) is 9.87. The lowest BCUT2D eigenvalue weighted by atomic mass is 9.90. The molecular formula is C26H37N3O3. The number of amides is 1. The minimum absolute atomic E-state index is 0.0171. The number of nitrogens with zero attached hydrogens (tertiary/aromatic N) is 2. The van der Waals surface area contributed by atoms with Gasteiger partial charge in [-0.25, -0.2) is 0 Å². The highest BCUT2D eigenvalue weighted by molar-refractivity contribution is 5.96. The van der Waals surface area contributed by atoms with E-state index in [-0.39, 0.29) is 23.7 Å². The van der Waals surface area contributed by atoms with E-state index in [1.165, 1.54) is 16.7 Å². The van der Waals surface area contributed by atoms with Gasteiger partial charge in [0, 0.05) is 64.6 Å². The number of nitrogens with one attached hydrogen (secondary N) is 1. The Morgan fingerprint density at radius 1 is 1.12 bits per heavy atom. The van der Waals surface area contributed by atoms with Crippen molar-refractivity contribution in [2.45, 2.75) is 57.5 Å². The summed E-state index contributed by atoms with van der Waals surface area (Å²) < 4.78 is 11.1. The number of ether oxygens (including phenoxy) is 2. The van der Waals surface area contributed by atoms with Crippen LogP contribution in [0.1, 0.15) is 48.2 Å². The van der Waals surface area contributed by atoms with E-state index in [4.69, 9.17) is 9.47 Å². The summed E-state index contributed by atoms with van der Waals surface area (Å²) in [6.07, 6.45) is 8.42. The first-order valence-corrected chi connectivity index (χ1v) is 11.7. The summed E-state index contributed by atoms with van der Waals surface area (Å²) in [6, 6.07) is 6.23. The van der Waals surface area contributed by atoms with Crippen molar-refractivity contribution >= 4 is 5.91 Å². The Balaban J connectivity index is 1.42. The van der Waals surface area contributed by atoms with Crippen LogP contribution in [0, 0.1) is 0 Å². The van der Waals surface area contributed by atoms with E-state index in [0.717, 1.165) is 57.7 Å². The second-order valence-electron chi connectivity index (χ2n) is 9.66. The normalized spacial score (nSPS) is 23.9. The molecule has 4 rings (SSSR count). The smallest absolute Gasteiger partial charge is 0.254 e. The van der Waals surface area contributed by atoms with E-state index in [9.17, 15) is 4.79 Å². The molecular weight excluding hydrogens is 402 g/mol. The Bertz CT molecular complexity index is 886. The minimum atomic E-state index is -0.0299. The lowest BCUT2D eigenvalue weighted by molar-refractivity contribution is 0.0132. The first-order chi connectivity index (χ1) is 15.4. The van der Waals surface area contributed by atoms with Gasteiger partial charge in [-0.2, -0.15) is 0 Å². The molecule has 2 aliphatic heterocycles. The van der Waals surface area contributed by atoms with Crippen LogP contribution in [-0.4, -0.2) is 73.9 Å². The molecule has 2 heterocycles. The quantitative estimate of drug-likeness (QED) is 0.708. The van der Waals surface area contributed by atoms with Crippen molar-refractivity contribution < 1.29 is 14.3 Å². The third-order valence-electron chi connectivity index (χ3n) is 7.25. The van der Waals surface area contributed by atoms with E-state index in [2.05, 4.69) is 48.4 Å². The molecule has 1 aromatic carbocycles. The molecule has 3 aliphatic rings. The monoisotopic (exact) mass is 439 g/mol. The van der Waals surface area contributed by atoms with Gasteiger partial charge in [-0.3, -0.25) is 9.69 Å². The maximum absolute atomic E-state index is 13.2. The fourth-order valence-corrected chi connectivity index (χ4v) is 4.97. The molecule has 0 spiro atoms. The average molecular weight is 440 g/mol. The third-order valence-corrected chi connectivity index (χ3v) is 7.25. The molecule has 1 N–H and O–H groups in total. The maximum atomic E-state index is 13.2. The van der Waals surface area contributed by atoms with Gasteiger partial charge < -0.3 is 19.7 Å². The number of hydrogen-bond donors (Lipinski definition) is 1. The Labute approximate surface area is 192 Å². The standard InChI is InChI=1S/C26H37N3O3/c1-26(2,11-10-19-8-9-23(31-3)24(16-19)32-4)29-17-20-6-5-7-21(22(20)18-29)25(30)28-14-12-27-13-15-28/h5-9,16,23-24,27H,10-15,17-18H2,1-4H3. The summed E-state index contributed by atoms with van der Waals surface area (Å²) in [7, 11) is 3.45. The van der Waals surface area contributed by atoms with Gasteiger partial charge in [0.05, 0.1) is 0 Å². The molecule has 0 aromatic heterocycles. The lowest BCUT2D eigenvalue weighted by Crippen LogP contribution is -2.46. The van der Waals surface area contributed by atoms with Crippen LogP contribution in [0.3, 0.4) is 0 Å². The summed E-state index contributed by atoms with van der Waals surface area (Å²) in [5.74, 6) is 0.179. The molecule has 0 saturated carbocycles. The molecule has 1 aliphatic carbocycles. The molecule has 1 amide bonds. The zero-order valence-electron chi connectivity index (χ0n) is 19.9. The minimum Gasteiger partial charge on any atom is -0.374 e. The number of hydrogen-bond acceptors (Lipinski definition) is 5. The van der Waals surface area contributed by atoms with Crippen LogP contribution in [0.4, 0.5) is 0 Å². The van der Waals surface area contributed by atoms with Gasteiger partial charge in [-0.05, 0) is 55.5 Å². The van der Waals surface area contributed by atoms with Gasteiger partial charge in [-0.15, -0.1) is 0 Å². The van der Waals surface area contributed by atoms with Gasteiger partial charge in [0.2, 0.25) is 0 Å². The van der Waals surface area contributed by atoms with Crippen molar-refractivity contribution in [2.24, 2.45) is 0 Å². The number of carbonyl (C=O) groups is 1. The van der Waals surface area contributed by atoms with Crippen molar-refractivity contribution in [1.82, 2.24) is 15.1 Å². The average Bonchev–Trinajstić information content (AvgIpc) is 3.28. The number of carbonyl (C=O) groups excluding carboxylic acids is 1. The summed E-state index contributed by atoms with van der Waals surface area (Å²) in [5, 5.41) is 3.33. The summed E-state index contributed by atoms with van der Waals surface area (Å²) in [5.41, 5.74) is 4.70. The van der Waals surface area contributed by atoms with Gasteiger partial charge >= 0.3 is 0 Å². The van der Waals surface area contributed by atoms with E-state index in [1.54, 1.807) is 14.2 Å². The third kappa shape index (κ3) is 4.84. The Morgan fingerprint density at radius 3 is 2.59 bits per heavy atom. The van der Waals surface area contributed by atoms with Crippen molar-refractivity contribution in [2.75, 3.05) is 40.4 Å². The molecule has 1 aromatic rings. The van der Waals surface area contributed by atoms with E-state index in [1.807, 2.05) is 17.0 Å². The molecule has 1 fully saturated rings. The SMILES string of the molecule is COC1C=CC(CCC(C)(C)N2Cc3cccc(C(=O)N4CCNCC4)c3C2)=CC1OC. The number of methoxy groups -OCH3 is 2. The van der Waals surface area contributed by atoms with Crippen LogP contribution >= 0.6 is 0 Å². The topological polar surface area (TPSA) is 54.0 Å². The Morgan fingerprint density at radius 2 is 1.88 bits per heavy atom. The Hall–Kier alpha value is -1.99. The van der Waals surface area contributed by atoms with Crippen molar-refractivity contribution in [3.8, 4) is 0 Å². The molecule has 2 atom stereocenters. The van der Waals surface area contributed by atoms with Crippen LogP contribution in [0.15, 0.2) is 42.0 Å². The van der Waals surface area contributed by atoms with E-state index >= 15 is 0 Å². The molecule has 6 nitrogen and oxygen atoms in total. The van der Waals surface area contributed by atoms with Crippen LogP contribution in [0.5, 0.6) is 0 Å². The molecule has 0 bridgehead atoms. The fraction of sp³-hybridized carbons (Fsp3) is 0.577.